The van der Waals surface area contributed by atoms with Crippen LogP contribution >= 0.6 is 0 Å². The number of rotatable bonds is 8. The fourth-order valence-electron chi connectivity index (χ4n) is 2.12. The second-order valence-corrected chi connectivity index (χ2v) is 11.9. The van der Waals surface area contributed by atoms with Crippen LogP contribution in [0.5, 0.6) is 0 Å². The van der Waals surface area contributed by atoms with E-state index in [2.05, 4.69) is 0 Å². The highest BCUT2D eigenvalue weighted by Gasteiger charge is 2.48. The van der Waals surface area contributed by atoms with Crippen molar-refractivity contribution in [2.45, 2.75) is 59.3 Å². The van der Waals surface area contributed by atoms with Crippen LogP contribution < -0.4 is 0 Å². The van der Waals surface area contributed by atoms with Gasteiger partial charge in [0.2, 0.25) is 0 Å². The molecule has 0 heterocycles. The van der Waals surface area contributed by atoms with Crippen molar-refractivity contribution in [3.8, 4) is 0 Å². The Morgan fingerprint density at radius 2 is 1.04 bits per heavy atom. The largest absolute Gasteiger partial charge is 0.485 e. The predicted molar refractivity (Wildman–Crippen MR) is 84.5 cm³/mol. The summed E-state index contributed by atoms with van der Waals surface area (Å²) in [5.74, 6) is -2.24. The molecular formula is C13H24O8Si2. The van der Waals surface area contributed by atoms with Gasteiger partial charge in [-0.3, -0.25) is 19.2 Å². The van der Waals surface area contributed by atoms with E-state index in [1.165, 1.54) is 27.7 Å². The van der Waals surface area contributed by atoms with Gasteiger partial charge >= 0.3 is 17.1 Å². The molecule has 0 amide bonds. The molecule has 0 spiro atoms. The van der Waals surface area contributed by atoms with Crippen LogP contribution in [0, 0.1) is 0 Å². The summed E-state index contributed by atoms with van der Waals surface area (Å²) in [6.07, 6.45) is 0. The molecule has 0 bridgehead atoms. The molecule has 10 heteroatoms. The zero-order chi connectivity index (χ0) is 18.3. The van der Waals surface area contributed by atoms with Gasteiger partial charge in [0.15, 0.2) is 0 Å². The van der Waals surface area contributed by atoms with Crippen LogP contribution in [0.2, 0.25) is 24.7 Å². The molecule has 0 unspecified atom stereocenters. The highest BCUT2D eigenvalue weighted by Crippen LogP contribution is 2.27. The fraction of sp³-hybridized carbons (Fsp3) is 0.692. The molecular weight excluding hydrogens is 340 g/mol. The van der Waals surface area contributed by atoms with Crippen LogP contribution in [-0.2, 0) is 36.9 Å². The maximum Gasteiger partial charge on any atom is 0.463 e. The van der Waals surface area contributed by atoms with E-state index >= 15 is 0 Å². The first-order chi connectivity index (χ1) is 10.4. The lowest BCUT2D eigenvalue weighted by Crippen LogP contribution is -2.48. The Hall–Kier alpha value is -1.69. The Morgan fingerprint density at radius 3 is 1.30 bits per heavy atom. The predicted octanol–water partition coefficient (Wildman–Crippen LogP) is 1.77. The van der Waals surface area contributed by atoms with Gasteiger partial charge in [-0.25, -0.2) is 0 Å². The highest BCUT2D eigenvalue weighted by molar-refractivity contribution is 6.75. The molecule has 0 N–H and O–H groups in total. The molecule has 132 valence electrons. The summed E-state index contributed by atoms with van der Waals surface area (Å²) in [5, 5.41) is 0. The zero-order valence-electron chi connectivity index (χ0n) is 14.4. The Kier molecular flexibility index (Phi) is 8.17. The van der Waals surface area contributed by atoms with Crippen molar-refractivity contribution in [2.75, 3.05) is 0 Å². The second-order valence-electron chi connectivity index (χ2n) is 5.27. The van der Waals surface area contributed by atoms with Crippen LogP contribution in [0.25, 0.3) is 0 Å². The first kappa shape index (κ1) is 21.3. The lowest BCUT2D eigenvalue weighted by molar-refractivity contribution is -0.141. The second kappa shape index (κ2) is 8.82. The summed E-state index contributed by atoms with van der Waals surface area (Å²) >= 11 is 0. The zero-order valence-corrected chi connectivity index (χ0v) is 16.4. The smallest absolute Gasteiger partial charge is 0.463 e. The fourth-order valence-corrected chi connectivity index (χ4v) is 8.85. The molecule has 0 aliphatic heterocycles. The number of hydrogen-bond acceptors (Lipinski definition) is 8. The summed E-state index contributed by atoms with van der Waals surface area (Å²) in [4.78, 5) is 45.2. The molecule has 8 nitrogen and oxygen atoms in total. The molecule has 0 saturated carbocycles. The third kappa shape index (κ3) is 8.50. The minimum atomic E-state index is -3.15. The minimum Gasteiger partial charge on any atom is -0.485 e. The van der Waals surface area contributed by atoms with Gasteiger partial charge in [-0.1, -0.05) is 6.92 Å². The molecule has 0 aromatic carbocycles. The lowest BCUT2D eigenvalue weighted by atomic mass is 10.8. The Labute approximate surface area is 137 Å². The van der Waals surface area contributed by atoms with Gasteiger partial charge in [0.25, 0.3) is 23.9 Å². The van der Waals surface area contributed by atoms with Gasteiger partial charge in [-0.15, -0.1) is 0 Å². The van der Waals surface area contributed by atoms with E-state index in [0.717, 1.165) is 0 Å². The summed E-state index contributed by atoms with van der Waals surface area (Å²) in [7, 11) is -6.31. The van der Waals surface area contributed by atoms with E-state index in [9.17, 15) is 19.2 Å². The first-order valence-corrected chi connectivity index (χ1v) is 12.0. The maximum atomic E-state index is 11.3. The third-order valence-electron chi connectivity index (χ3n) is 2.88. The normalized spacial score (nSPS) is 11.4. The summed E-state index contributed by atoms with van der Waals surface area (Å²) in [6, 6.07) is 0.704. The van der Waals surface area contributed by atoms with Crippen molar-refractivity contribution < 1.29 is 36.9 Å². The topological polar surface area (TPSA) is 105 Å². The number of carbonyl (C=O) groups is 4. The average Bonchev–Trinajstić information content (AvgIpc) is 2.32. The number of hydrogen-bond donors (Lipinski definition) is 0. The average molecular weight is 364 g/mol. The Morgan fingerprint density at radius 1 is 0.696 bits per heavy atom. The van der Waals surface area contributed by atoms with Crippen molar-refractivity contribution in [1.29, 1.82) is 0 Å². The highest BCUT2D eigenvalue weighted by atomic mass is 28.4. The van der Waals surface area contributed by atoms with Crippen LogP contribution in [0.4, 0.5) is 0 Å². The third-order valence-corrected chi connectivity index (χ3v) is 9.38. The maximum absolute atomic E-state index is 11.3. The molecule has 0 aliphatic carbocycles. The van der Waals surface area contributed by atoms with Crippen molar-refractivity contribution in [3.63, 3.8) is 0 Å². The molecule has 0 fully saturated rings. The number of carbonyl (C=O) groups excluding carboxylic acids is 4. The van der Waals surface area contributed by atoms with Crippen LogP contribution in [0.15, 0.2) is 0 Å². The lowest BCUT2D eigenvalue weighted by Gasteiger charge is -2.31. The molecule has 0 saturated heterocycles. The van der Waals surface area contributed by atoms with E-state index < -0.39 is 41.0 Å². The molecule has 0 radical (unpaired) electrons. The van der Waals surface area contributed by atoms with E-state index in [4.69, 9.17) is 17.7 Å². The molecule has 23 heavy (non-hydrogen) atoms. The van der Waals surface area contributed by atoms with Gasteiger partial charge in [0.05, 0.1) is 0 Å². The van der Waals surface area contributed by atoms with Crippen LogP contribution in [0.3, 0.4) is 0 Å². The summed E-state index contributed by atoms with van der Waals surface area (Å²) in [6.45, 7) is 8.21. The van der Waals surface area contributed by atoms with Gasteiger partial charge in [-0.05, 0) is 0 Å². The minimum absolute atomic E-state index is 0.173. The standard InChI is InChI=1S/C13H24O8Si2/c1-7-23(20-12(4)16,21-13(5)17)9-8-22(6,18-10(2)14)19-11(3)15/h7-9H2,1-6H3. The van der Waals surface area contributed by atoms with Crippen molar-refractivity contribution in [1.82, 2.24) is 0 Å². The van der Waals surface area contributed by atoms with Gasteiger partial charge in [0.1, 0.15) is 0 Å². The molecule has 0 rings (SSSR count). The molecule has 0 aliphatic rings. The quantitative estimate of drug-likeness (QED) is 0.600. The SMILES string of the molecule is CC[Si](CC[Si](C)(OC(C)=O)OC(C)=O)(OC(C)=O)OC(C)=O. The van der Waals surface area contributed by atoms with Gasteiger partial charge < -0.3 is 17.7 Å². The van der Waals surface area contributed by atoms with Crippen molar-refractivity contribution >= 4 is 41.0 Å². The van der Waals surface area contributed by atoms with E-state index in [0.29, 0.717) is 6.04 Å². The summed E-state index contributed by atoms with van der Waals surface area (Å²) in [5.41, 5.74) is 0. The monoisotopic (exact) mass is 364 g/mol. The van der Waals surface area contributed by atoms with Crippen LogP contribution in [-0.4, -0.2) is 41.0 Å². The Bertz CT molecular complexity index is 445. The molecule has 0 atom stereocenters. The molecule has 0 aromatic heterocycles. The summed E-state index contributed by atoms with van der Waals surface area (Å²) < 4.78 is 21.0. The van der Waals surface area contributed by atoms with Gasteiger partial charge in [-0.2, -0.15) is 0 Å². The van der Waals surface area contributed by atoms with Gasteiger partial charge in [0, 0.05) is 52.4 Å². The first-order valence-electron chi connectivity index (χ1n) is 7.22. The van der Waals surface area contributed by atoms with E-state index in [1.807, 2.05) is 0 Å². The molecule has 0 aromatic rings. The van der Waals surface area contributed by atoms with Crippen molar-refractivity contribution in [2.24, 2.45) is 0 Å². The van der Waals surface area contributed by atoms with E-state index in [-0.39, 0.29) is 12.1 Å². The van der Waals surface area contributed by atoms with Crippen molar-refractivity contribution in [3.05, 3.63) is 0 Å². The van der Waals surface area contributed by atoms with Crippen LogP contribution in [0.1, 0.15) is 34.6 Å². The van der Waals surface area contributed by atoms with E-state index in [1.54, 1.807) is 13.5 Å². The Balaban J connectivity index is 5.28.